The monoisotopic (exact) mass is 624 g/mol. The van der Waals surface area contributed by atoms with Gasteiger partial charge in [-0.1, -0.05) is 54.6 Å². The van der Waals surface area contributed by atoms with Crippen molar-refractivity contribution in [3.8, 4) is 33.8 Å². The van der Waals surface area contributed by atoms with Crippen LogP contribution in [-0.2, 0) is 0 Å². The number of hydrogen-bond acceptors (Lipinski definition) is 6. The highest BCUT2D eigenvalue weighted by atomic mass is 14.7. The molecule has 6 heteroatoms. The van der Waals surface area contributed by atoms with Gasteiger partial charge in [-0.25, -0.2) is 0 Å². The summed E-state index contributed by atoms with van der Waals surface area (Å²) in [5, 5.41) is 0. The fourth-order valence-electron chi connectivity index (χ4n) is 6.15. The number of benzene rings is 3. The van der Waals surface area contributed by atoms with Crippen molar-refractivity contribution in [3.05, 3.63) is 146 Å². The molecular formula is C42H36N6. The summed E-state index contributed by atoms with van der Waals surface area (Å²) in [7, 11) is 0. The highest BCUT2D eigenvalue weighted by molar-refractivity contribution is 5.75. The summed E-state index contributed by atoms with van der Waals surface area (Å²) >= 11 is 0. The molecule has 1 fully saturated rings. The van der Waals surface area contributed by atoms with E-state index in [0.29, 0.717) is 17.8 Å². The number of rotatable bonds is 9. The Kier molecular flexibility index (Phi) is 9.70. The Morgan fingerprint density at radius 3 is 0.917 bits per heavy atom. The van der Waals surface area contributed by atoms with Crippen LogP contribution >= 0.6 is 0 Å². The van der Waals surface area contributed by atoms with Crippen LogP contribution in [0.4, 0.5) is 17.1 Å². The van der Waals surface area contributed by atoms with Gasteiger partial charge >= 0.3 is 0 Å². The first-order chi connectivity index (χ1) is 23.7. The number of aliphatic imine (C=N–C) groups is 3. The van der Waals surface area contributed by atoms with Crippen molar-refractivity contribution in [1.29, 1.82) is 0 Å². The van der Waals surface area contributed by atoms with Crippen LogP contribution in [0.5, 0.6) is 0 Å². The fraction of sp³-hybridized carbons (Fsp3) is 0.143. The van der Waals surface area contributed by atoms with Gasteiger partial charge in [-0.05, 0) is 110 Å². The molecule has 0 spiro atoms. The molecule has 1 saturated carbocycles. The summed E-state index contributed by atoms with van der Waals surface area (Å²) in [6, 6.07) is 42.7. The van der Waals surface area contributed by atoms with E-state index < -0.39 is 0 Å². The minimum Gasteiger partial charge on any atom is -0.261 e. The maximum atomic E-state index is 4.90. The Morgan fingerprint density at radius 2 is 0.667 bits per heavy atom. The average Bonchev–Trinajstić information content (AvgIpc) is 3.17. The van der Waals surface area contributed by atoms with E-state index in [9.17, 15) is 0 Å². The van der Waals surface area contributed by atoms with Gasteiger partial charge in [0, 0.05) is 53.9 Å². The Morgan fingerprint density at radius 1 is 0.375 bits per heavy atom. The zero-order valence-corrected chi connectivity index (χ0v) is 26.6. The molecular weight excluding hydrogens is 589 g/mol. The second-order valence-electron chi connectivity index (χ2n) is 12.1. The van der Waals surface area contributed by atoms with Gasteiger partial charge < -0.3 is 0 Å². The Balaban J connectivity index is 1.06. The van der Waals surface area contributed by atoms with E-state index in [1.165, 1.54) is 0 Å². The first-order valence-corrected chi connectivity index (χ1v) is 16.4. The molecule has 0 atom stereocenters. The largest absolute Gasteiger partial charge is 0.261 e. The lowest BCUT2D eigenvalue weighted by Gasteiger charge is -2.29. The summed E-state index contributed by atoms with van der Waals surface area (Å²) in [5.74, 6) is 0.917. The molecule has 0 N–H and O–H groups in total. The van der Waals surface area contributed by atoms with Crippen molar-refractivity contribution in [3.63, 3.8) is 0 Å². The molecule has 6 aromatic rings. The van der Waals surface area contributed by atoms with Gasteiger partial charge in [-0.15, -0.1) is 0 Å². The maximum Gasteiger partial charge on any atom is 0.0701 e. The molecule has 1 aliphatic rings. The molecule has 0 aliphatic heterocycles. The third kappa shape index (κ3) is 8.09. The molecule has 0 amide bonds. The van der Waals surface area contributed by atoms with E-state index in [2.05, 4.69) is 106 Å². The third-order valence-electron chi connectivity index (χ3n) is 8.60. The van der Waals surface area contributed by atoms with E-state index in [1.54, 1.807) is 0 Å². The first kappa shape index (κ1) is 30.8. The van der Waals surface area contributed by atoms with Crippen LogP contribution in [0.2, 0.25) is 0 Å². The highest BCUT2D eigenvalue weighted by Crippen LogP contribution is 2.33. The molecule has 0 unspecified atom stereocenters. The second kappa shape index (κ2) is 15.1. The van der Waals surface area contributed by atoms with E-state index >= 15 is 0 Å². The van der Waals surface area contributed by atoms with Gasteiger partial charge in [0.25, 0.3) is 0 Å². The lowest BCUT2D eigenvalue weighted by atomic mass is 9.76. The summed E-state index contributed by atoms with van der Waals surface area (Å²) in [4.78, 5) is 28.1. The van der Waals surface area contributed by atoms with Crippen molar-refractivity contribution in [2.24, 2.45) is 32.7 Å². The van der Waals surface area contributed by atoms with Crippen LogP contribution in [0.3, 0.4) is 0 Å². The van der Waals surface area contributed by atoms with Crippen LogP contribution in [0.1, 0.15) is 19.3 Å². The molecule has 3 aromatic carbocycles. The van der Waals surface area contributed by atoms with Gasteiger partial charge in [0.1, 0.15) is 0 Å². The molecule has 48 heavy (non-hydrogen) atoms. The zero-order valence-electron chi connectivity index (χ0n) is 26.6. The Labute approximate surface area is 281 Å². The van der Waals surface area contributed by atoms with E-state index in [0.717, 1.165) is 70.1 Å². The summed E-state index contributed by atoms with van der Waals surface area (Å²) in [6.45, 7) is 0. The lowest BCUT2D eigenvalue weighted by Crippen LogP contribution is -2.25. The highest BCUT2D eigenvalue weighted by Gasteiger charge is 2.26. The van der Waals surface area contributed by atoms with Gasteiger partial charge in [-0.2, -0.15) is 0 Å². The maximum absolute atomic E-state index is 4.90. The van der Waals surface area contributed by atoms with Crippen LogP contribution < -0.4 is 0 Å². The summed E-state index contributed by atoms with van der Waals surface area (Å²) < 4.78 is 0. The lowest BCUT2D eigenvalue weighted by molar-refractivity contribution is 0.349. The van der Waals surface area contributed by atoms with Crippen molar-refractivity contribution in [2.45, 2.75) is 19.3 Å². The molecule has 0 saturated heterocycles. The van der Waals surface area contributed by atoms with Crippen LogP contribution in [0.15, 0.2) is 161 Å². The van der Waals surface area contributed by atoms with Gasteiger partial charge in [0.15, 0.2) is 0 Å². The van der Waals surface area contributed by atoms with Gasteiger partial charge in [0.05, 0.1) is 34.1 Å². The van der Waals surface area contributed by atoms with Crippen molar-refractivity contribution < 1.29 is 0 Å². The van der Waals surface area contributed by atoms with Crippen molar-refractivity contribution in [1.82, 2.24) is 15.0 Å². The fourth-order valence-corrected chi connectivity index (χ4v) is 6.15. The Hall–Kier alpha value is -5.88. The number of hydrogen-bond donors (Lipinski definition) is 0. The van der Waals surface area contributed by atoms with Crippen molar-refractivity contribution >= 4 is 35.7 Å². The molecule has 1 aliphatic carbocycles. The normalized spacial score (nSPS) is 18.1. The number of pyridine rings is 3. The molecule has 234 valence electrons. The van der Waals surface area contributed by atoms with Crippen LogP contribution in [0, 0.1) is 17.8 Å². The first-order valence-electron chi connectivity index (χ1n) is 16.4. The van der Waals surface area contributed by atoms with Crippen molar-refractivity contribution in [2.75, 3.05) is 0 Å². The van der Waals surface area contributed by atoms with Crippen LogP contribution in [-0.4, -0.2) is 33.6 Å². The predicted octanol–water partition coefficient (Wildman–Crippen LogP) is 10.4. The average molecular weight is 625 g/mol. The minimum absolute atomic E-state index is 0.306. The minimum atomic E-state index is 0.306. The second-order valence-corrected chi connectivity index (χ2v) is 12.1. The number of aromatic nitrogens is 3. The summed E-state index contributed by atoms with van der Waals surface area (Å²) in [6.07, 6.45) is 14.8. The molecule has 7 rings (SSSR count). The van der Waals surface area contributed by atoms with E-state index in [1.807, 2.05) is 73.2 Å². The van der Waals surface area contributed by atoms with E-state index in [4.69, 9.17) is 15.0 Å². The smallest absolute Gasteiger partial charge is 0.0701 e. The predicted molar refractivity (Wildman–Crippen MR) is 198 cm³/mol. The molecule has 3 heterocycles. The van der Waals surface area contributed by atoms with Gasteiger partial charge in [0.2, 0.25) is 0 Å². The zero-order chi connectivity index (χ0) is 32.4. The summed E-state index contributed by atoms with van der Waals surface area (Å²) in [5.41, 5.74) is 8.96. The SMILES string of the molecule is C(=Nc1ccc(-c2ccccn2)cc1)C1CC(C=Nc2ccc(-c3ccccn3)cc2)CC(C=Nc2ccc(-c3ccccn3)cc2)C1. The molecule has 0 radical (unpaired) electrons. The third-order valence-corrected chi connectivity index (χ3v) is 8.60. The standard InChI is InChI=1S/C42H36N6/c1-4-22-43-40(7-1)34-10-16-37(17-11-34)46-28-31-25-32(29-47-38-18-12-35(13-19-38)41-8-2-5-23-44-41)27-33(26-31)30-48-39-20-14-36(15-21-39)42-9-3-6-24-45-42/h1-24,28-33H,25-27H2. The van der Waals surface area contributed by atoms with E-state index in [-0.39, 0.29) is 0 Å². The topological polar surface area (TPSA) is 75.8 Å². The molecule has 6 nitrogen and oxygen atoms in total. The Bertz CT molecular complexity index is 1730. The molecule has 0 bridgehead atoms. The number of nitrogens with zero attached hydrogens (tertiary/aromatic N) is 6. The quantitative estimate of drug-likeness (QED) is 0.150. The molecule has 3 aromatic heterocycles. The van der Waals surface area contributed by atoms with Gasteiger partial charge in [-0.3, -0.25) is 29.9 Å². The van der Waals surface area contributed by atoms with Crippen LogP contribution in [0.25, 0.3) is 33.8 Å².